The van der Waals surface area contributed by atoms with Gasteiger partial charge in [-0.15, -0.1) is 0 Å². The number of carbonyl (C=O) groups is 1. The normalized spacial score (nSPS) is 13.2. The minimum atomic E-state index is -1.26. The van der Waals surface area contributed by atoms with Crippen molar-refractivity contribution in [3.05, 3.63) is 35.1 Å². The van der Waals surface area contributed by atoms with E-state index in [-0.39, 0.29) is 18.4 Å². The van der Waals surface area contributed by atoms with Crippen LogP contribution in [0.3, 0.4) is 0 Å². The molecule has 0 radical (unpaired) electrons. The van der Waals surface area contributed by atoms with Gasteiger partial charge in [0.15, 0.2) is 11.6 Å². The summed E-state index contributed by atoms with van der Waals surface area (Å²) in [5.74, 6) is -3.81. The minimum Gasteiger partial charge on any atom is -0.460 e. The SMILES string of the molecule is CC(C)(C)OC(=O)CC(N)Cc1cc(F)c(F)cc1F. The van der Waals surface area contributed by atoms with Crippen LogP contribution in [0.5, 0.6) is 0 Å². The molecule has 0 bridgehead atoms. The van der Waals surface area contributed by atoms with Crippen LogP contribution in [-0.2, 0) is 16.0 Å². The molecular weight excluding hydrogens is 271 g/mol. The number of benzene rings is 1. The molecule has 20 heavy (non-hydrogen) atoms. The van der Waals surface area contributed by atoms with Crippen molar-refractivity contribution in [1.82, 2.24) is 0 Å². The van der Waals surface area contributed by atoms with Crippen LogP contribution in [0.2, 0.25) is 0 Å². The number of rotatable bonds is 4. The third-order valence-corrected chi connectivity index (χ3v) is 2.42. The molecule has 0 fully saturated rings. The number of ether oxygens (including phenoxy) is 1. The quantitative estimate of drug-likeness (QED) is 0.685. The molecular formula is C14H18F3NO2. The van der Waals surface area contributed by atoms with E-state index in [1.54, 1.807) is 20.8 Å². The fraction of sp³-hybridized carbons (Fsp3) is 0.500. The van der Waals surface area contributed by atoms with E-state index in [9.17, 15) is 18.0 Å². The summed E-state index contributed by atoms with van der Waals surface area (Å²) in [6, 6.07) is 0.481. The minimum absolute atomic E-state index is 0.0695. The van der Waals surface area contributed by atoms with Gasteiger partial charge in [-0.2, -0.15) is 0 Å². The Morgan fingerprint density at radius 2 is 1.75 bits per heavy atom. The van der Waals surface area contributed by atoms with Gasteiger partial charge in [0.05, 0.1) is 6.42 Å². The van der Waals surface area contributed by atoms with Crippen LogP contribution in [-0.4, -0.2) is 17.6 Å². The predicted molar refractivity (Wildman–Crippen MR) is 68.5 cm³/mol. The molecule has 1 aromatic rings. The summed E-state index contributed by atoms with van der Waals surface area (Å²) in [5.41, 5.74) is 4.99. The van der Waals surface area contributed by atoms with Gasteiger partial charge in [-0.1, -0.05) is 0 Å². The second kappa shape index (κ2) is 6.26. The summed E-state index contributed by atoms with van der Waals surface area (Å²) in [4.78, 5) is 11.5. The fourth-order valence-electron chi connectivity index (χ4n) is 1.67. The maximum atomic E-state index is 13.4. The Labute approximate surface area is 115 Å². The number of carbonyl (C=O) groups excluding carboxylic acids is 1. The molecule has 6 heteroatoms. The third kappa shape index (κ3) is 5.21. The lowest BCUT2D eigenvalue weighted by molar-refractivity contribution is -0.155. The summed E-state index contributed by atoms with van der Waals surface area (Å²) >= 11 is 0. The number of hydrogen-bond acceptors (Lipinski definition) is 3. The highest BCUT2D eigenvalue weighted by atomic mass is 19.2. The molecule has 0 aliphatic carbocycles. The Hall–Kier alpha value is -1.56. The number of halogens is 3. The van der Waals surface area contributed by atoms with Gasteiger partial charge in [-0.25, -0.2) is 13.2 Å². The third-order valence-electron chi connectivity index (χ3n) is 2.42. The highest BCUT2D eigenvalue weighted by Gasteiger charge is 2.20. The molecule has 0 heterocycles. The maximum Gasteiger partial charge on any atom is 0.307 e. The maximum absolute atomic E-state index is 13.4. The lowest BCUT2D eigenvalue weighted by Crippen LogP contribution is -2.31. The standard InChI is InChI=1S/C14H18F3NO2/c1-14(2,3)20-13(19)6-9(18)4-8-5-11(16)12(17)7-10(8)15/h5,7,9H,4,6,18H2,1-3H3. The van der Waals surface area contributed by atoms with Gasteiger partial charge < -0.3 is 10.5 Å². The monoisotopic (exact) mass is 289 g/mol. The smallest absolute Gasteiger partial charge is 0.307 e. The summed E-state index contributed by atoms with van der Waals surface area (Å²) < 4.78 is 44.3. The van der Waals surface area contributed by atoms with Crippen LogP contribution in [0.15, 0.2) is 12.1 Å². The zero-order chi connectivity index (χ0) is 15.5. The molecule has 2 N–H and O–H groups in total. The van der Waals surface area contributed by atoms with Crippen molar-refractivity contribution in [2.75, 3.05) is 0 Å². The average Bonchev–Trinajstić information content (AvgIpc) is 2.22. The summed E-state index contributed by atoms with van der Waals surface area (Å²) in [6.07, 6.45) is -0.210. The van der Waals surface area contributed by atoms with E-state index in [2.05, 4.69) is 0 Å². The molecule has 112 valence electrons. The van der Waals surface area contributed by atoms with Crippen molar-refractivity contribution in [3.63, 3.8) is 0 Å². The first-order valence-corrected chi connectivity index (χ1v) is 6.19. The van der Waals surface area contributed by atoms with Gasteiger partial charge >= 0.3 is 5.97 Å². The molecule has 1 atom stereocenters. The summed E-state index contributed by atoms with van der Waals surface area (Å²) in [6.45, 7) is 5.14. The summed E-state index contributed by atoms with van der Waals surface area (Å²) in [5, 5.41) is 0. The van der Waals surface area contributed by atoms with Gasteiger partial charge in [0.1, 0.15) is 11.4 Å². The topological polar surface area (TPSA) is 52.3 Å². The van der Waals surface area contributed by atoms with Crippen molar-refractivity contribution >= 4 is 5.97 Å². The van der Waals surface area contributed by atoms with E-state index in [4.69, 9.17) is 10.5 Å². The van der Waals surface area contributed by atoms with Gasteiger partial charge in [-0.05, 0) is 38.8 Å². The van der Waals surface area contributed by atoms with Gasteiger partial charge in [-0.3, -0.25) is 4.79 Å². The second-order valence-electron chi connectivity index (χ2n) is 5.61. The van der Waals surface area contributed by atoms with Gasteiger partial charge in [0.25, 0.3) is 0 Å². The van der Waals surface area contributed by atoms with Gasteiger partial charge in [0, 0.05) is 12.1 Å². The molecule has 1 aromatic carbocycles. The Bertz CT molecular complexity index is 498. The largest absolute Gasteiger partial charge is 0.460 e. The van der Waals surface area contributed by atoms with Crippen molar-refractivity contribution in [3.8, 4) is 0 Å². The molecule has 0 saturated heterocycles. The van der Waals surface area contributed by atoms with Crippen LogP contribution in [0, 0.1) is 17.5 Å². The van der Waals surface area contributed by atoms with E-state index in [0.717, 1.165) is 6.07 Å². The first-order valence-electron chi connectivity index (χ1n) is 6.19. The zero-order valence-electron chi connectivity index (χ0n) is 11.7. The lowest BCUT2D eigenvalue weighted by atomic mass is 10.0. The van der Waals surface area contributed by atoms with Crippen LogP contribution in [0.4, 0.5) is 13.2 Å². The molecule has 0 saturated carbocycles. The Balaban J connectivity index is 2.65. The van der Waals surface area contributed by atoms with E-state index < -0.39 is 35.1 Å². The summed E-state index contributed by atoms with van der Waals surface area (Å²) in [7, 11) is 0. The van der Waals surface area contributed by atoms with Crippen LogP contribution in [0.25, 0.3) is 0 Å². The molecule has 1 unspecified atom stereocenters. The van der Waals surface area contributed by atoms with Crippen LogP contribution >= 0.6 is 0 Å². The van der Waals surface area contributed by atoms with E-state index in [0.29, 0.717) is 6.07 Å². The Morgan fingerprint density at radius 1 is 1.20 bits per heavy atom. The highest BCUT2D eigenvalue weighted by Crippen LogP contribution is 2.16. The number of esters is 1. The predicted octanol–water partition coefficient (Wildman–Crippen LogP) is 2.71. The number of hydrogen-bond donors (Lipinski definition) is 1. The fourth-order valence-corrected chi connectivity index (χ4v) is 1.67. The molecule has 0 amide bonds. The average molecular weight is 289 g/mol. The first-order chi connectivity index (χ1) is 9.08. The molecule has 0 spiro atoms. The Morgan fingerprint density at radius 3 is 2.30 bits per heavy atom. The molecule has 0 aliphatic heterocycles. The first kappa shape index (κ1) is 16.5. The molecule has 0 aliphatic rings. The van der Waals surface area contributed by atoms with E-state index in [1.807, 2.05) is 0 Å². The van der Waals surface area contributed by atoms with Crippen LogP contribution < -0.4 is 5.73 Å². The van der Waals surface area contributed by atoms with Crippen molar-refractivity contribution < 1.29 is 22.7 Å². The second-order valence-corrected chi connectivity index (χ2v) is 5.61. The van der Waals surface area contributed by atoms with Crippen molar-refractivity contribution in [1.29, 1.82) is 0 Å². The number of nitrogens with two attached hydrogens (primary N) is 1. The van der Waals surface area contributed by atoms with Crippen molar-refractivity contribution in [2.45, 2.75) is 45.3 Å². The Kier molecular flexibility index (Phi) is 5.16. The van der Waals surface area contributed by atoms with Crippen LogP contribution in [0.1, 0.15) is 32.8 Å². The van der Waals surface area contributed by atoms with E-state index >= 15 is 0 Å². The van der Waals surface area contributed by atoms with Gasteiger partial charge in [0.2, 0.25) is 0 Å². The van der Waals surface area contributed by atoms with E-state index in [1.165, 1.54) is 0 Å². The van der Waals surface area contributed by atoms with Crippen molar-refractivity contribution in [2.24, 2.45) is 5.73 Å². The molecule has 3 nitrogen and oxygen atoms in total. The lowest BCUT2D eigenvalue weighted by Gasteiger charge is -2.21. The molecule has 0 aromatic heterocycles. The highest BCUT2D eigenvalue weighted by molar-refractivity contribution is 5.70. The molecule has 1 rings (SSSR count). The zero-order valence-corrected chi connectivity index (χ0v) is 11.7.